The molecule has 0 amide bonds. The first-order valence-corrected chi connectivity index (χ1v) is 5.89. The van der Waals surface area contributed by atoms with Gasteiger partial charge in [0.25, 0.3) is 0 Å². The molecular weight excluding hydrogens is 238 g/mol. The summed E-state index contributed by atoms with van der Waals surface area (Å²) in [6.45, 7) is 0. The standard InChI is InChI=1S/C13H10ClNO2/c14-9-5-1-4-8-11(13(16)17)7-3-2-6-10(7)15-12(8)9/h1,4-5H,2-3,6H2,(H,16,17). The Bertz CT molecular complexity index is 637. The number of nitrogens with zero attached hydrogens (tertiary/aromatic N) is 1. The number of benzene rings is 1. The quantitative estimate of drug-likeness (QED) is 0.843. The minimum absolute atomic E-state index is 0.380. The highest BCUT2D eigenvalue weighted by Gasteiger charge is 2.23. The molecule has 0 unspecified atom stereocenters. The van der Waals surface area contributed by atoms with Gasteiger partial charge < -0.3 is 5.11 Å². The molecule has 86 valence electrons. The van der Waals surface area contributed by atoms with Gasteiger partial charge in [0.2, 0.25) is 0 Å². The molecule has 1 aliphatic carbocycles. The van der Waals surface area contributed by atoms with E-state index in [0.29, 0.717) is 21.5 Å². The molecule has 4 heteroatoms. The van der Waals surface area contributed by atoms with Crippen LogP contribution in [0.1, 0.15) is 28.0 Å². The van der Waals surface area contributed by atoms with Gasteiger partial charge in [-0.15, -0.1) is 0 Å². The Morgan fingerprint density at radius 3 is 2.94 bits per heavy atom. The number of aromatic carboxylic acids is 1. The second kappa shape index (κ2) is 3.70. The van der Waals surface area contributed by atoms with Crippen LogP contribution < -0.4 is 0 Å². The van der Waals surface area contributed by atoms with E-state index < -0.39 is 5.97 Å². The van der Waals surface area contributed by atoms with Gasteiger partial charge in [0.15, 0.2) is 0 Å². The lowest BCUT2D eigenvalue weighted by Crippen LogP contribution is -2.05. The first kappa shape index (κ1) is 10.5. The van der Waals surface area contributed by atoms with Crippen molar-refractivity contribution in [3.63, 3.8) is 0 Å². The van der Waals surface area contributed by atoms with Crippen molar-refractivity contribution in [2.24, 2.45) is 0 Å². The number of aromatic nitrogens is 1. The summed E-state index contributed by atoms with van der Waals surface area (Å²) in [7, 11) is 0. The molecular formula is C13H10ClNO2. The van der Waals surface area contributed by atoms with Gasteiger partial charge in [0.1, 0.15) is 0 Å². The third-order valence-corrected chi connectivity index (χ3v) is 3.51. The monoisotopic (exact) mass is 247 g/mol. The molecule has 0 bridgehead atoms. The van der Waals surface area contributed by atoms with E-state index in [1.165, 1.54) is 0 Å². The SMILES string of the molecule is O=C(O)c1c2c(nc3c(Cl)cccc13)CCC2. The molecule has 0 radical (unpaired) electrons. The van der Waals surface area contributed by atoms with Crippen molar-refractivity contribution < 1.29 is 9.90 Å². The molecule has 2 aromatic rings. The van der Waals surface area contributed by atoms with Crippen LogP contribution in [0.5, 0.6) is 0 Å². The Hall–Kier alpha value is -1.61. The van der Waals surface area contributed by atoms with Gasteiger partial charge >= 0.3 is 5.97 Å². The fourth-order valence-corrected chi connectivity index (χ4v) is 2.71. The highest BCUT2D eigenvalue weighted by Crippen LogP contribution is 2.32. The number of halogens is 1. The minimum Gasteiger partial charge on any atom is -0.478 e. The molecule has 1 aliphatic rings. The second-order valence-corrected chi connectivity index (χ2v) is 4.61. The van der Waals surface area contributed by atoms with Gasteiger partial charge in [0.05, 0.1) is 16.1 Å². The molecule has 0 fully saturated rings. The Kier molecular flexibility index (Phi) is 2.30. The summed E-state index contributed by atoms with van der Waals surface area (Å²) in [6.07, 6.45) is 2.61. The fraction of sp³-hybridized carbons (Fsp3) is 0.231. The van der Waals surface area contributed by atoms with Crippen LogP contribution in [0.4, 0.5) is 0 Å². The molecule has 1 N–H and O–H groups in total. The molecule has 0 atom stereocenters. The number of hydrogen-bond donors (Lipinski definition) is 1. The van der Waals surface area contributed by atoms with Crippen molar-refractivity contribution in [3.05, 3.63) is 40.0 Å². The molecule has 3 nitrogen and oxygen atoms in total. The summed E-state index contributed by atoms with van der Waals surface area (Å²) in [6, 6.07) is 5.28. The zero-order chi connectivity index (χ0) is 12.0. The Morgan fingerprint density at radius 2 is 2.18 bits per heavy atom. The average molecular weight is 248 g/mol. The molecule has 0 saturated carbocycles. The summed E-state index contributed by atoms with van der Waals surface area (Å²) >= 11 is 6.08. The van der Waals surface area contributed by atoms with Crippen LogP contribution in [-0.2, 0) is 12.8 Å². The smallest absolute Gasteiger partial charge is 0.336 e. The van der Waals surface area contributed by atoms with Crippen molar-refractivity contribution in [3.8, 4) is 0 Å². The number of pyridine rings is 1. The molecule has 1 heterocycles. The lowest BCUT2D eigenvalue weighted by molar-refractivity contribution is 0.0698. The fourth-order valence-electron chi connectivity index (χ4n) is 2.49. The molecule has 17 heavy (non-hydrogen) atoms. The van der Waals surface area contributed by atoms with E-state index in [1.807, 2.05) is 0 Å². The largest absolute Gasteiger partial charge is 0.478 e. The van der Waals surface area contributed by atoms with Crippen molar-refractivity contribution >= 4 is 28.5 Å². The third-order valence-electron chi connectivity index (χ3n) is 3.21. The van der Waals surface area contributed by atoms with E-state index in [9.17, 15) is 9.90 Å². The number of para-hydroxylation sites is 1. The lowest BCUT2D eigenvalue weighted by Gasteiger charge is -2.09. The average Bonchev–Trinajstić information content (AvgIpc) is 2.74. The molecule has 1 aromatic heterocycles. The predicted molar refractivity (Wildman–Crippen MR) is 65.7 cm³/mol. The lowest BCUT2D eigenvalue weighted by atomic mass is 10.0. The number of aryl methyl sites for hydroxylation is 1. The van der Waals surface area contributed by atoms with Gasteiger partial charge in [-0.3, -0.25) is 4.98 Å². The third kappa shape index (κ3) is 1.50. The normalized spacial score (nSPS) is 13.9. The maximum Gasteiger partial charge on any atom is 0.336 e. The van der Waals surface area contributed by atoms with E-state index in [-0.39, 0.29) is 0 Å². The van der Waals surface area contributed by atoms with E-state index >= 15 is 0 Å². The van der Waals surface area contributed by atoms with Gasteiger partial charge in [-0.2, -0.15) is 0 Å². The first-order valence-electron chi connectivity index (χ1n) is 5.52. The minimum atomic E-state index is -0.891. The van der Waals surface area contributed by atoms with Crippen LogP contribution in [0, 0.1) is 0 Å². The van der Waals surface area contributed by atoms with Gasteiger partial charge in [-0.05, 0) is 30.9 Å². The Morgan fingerprint density at radius 1 is 1.35 bits per heavy atom. The van der Waals surface area contributed by atoms with Crippen molar-refractivity contribution in [1.82, 2.24) is 4.98 Å². The highest BCUT2D eigenvalue weighted by atomic mass is 35.5. The number of fused-ring (bicyclic) bond motifs is 2. The van der Waals surface area contributed by atoms with Crippen LogP contribution in [0.15, 0.2) is 18.2 Å². The van der Waals surface area contributed by atoms with Crippen LogP contribution in [-0.4, -0.2) is 16.1 Å². The number of hydrogen-bond acceptors (Lipinski definition) is 2. The number of carboxylic acid groups (broad SMARTS) is 1. The van der Waals surface area contributed by atoms with E-state index in [0.717, 1.165) is 30.5 Å². The zero-order valence-corrected chi connectivity index (χ0v) is 9.79. The summed E-state index contributed by atoms with van der Waals surface area (Å²) < 4.78 is 0. The molecule has 0 saturated heterocycles. The highest BCUT2D eigenvalue weighted by molar-refractivity contribution is 6.35. The van der Waals surface area contributed by atoms with Crippen molar-refractivity contribution in [2.75, 3.05) is 0 Å². The topological polar surface area (TPSA) is 50.2 Å². The number of carbonyl (C=O) groups is 1. The summed E-state index contributed by atoms with van der Waals surface area (Å²) in [5, 5.41) is 10.5. The van der Waals surface area contributed by atoms with Crippen molar-refractivity contribution in [1.29, 1.82) is 0 Å². The Balaban J connectivity index is 2.49. The molecule has 1 aromatic carbocycles. The zero-order valence-electron chi connectivity index (χ0n) is 9.03. The summed E-state index contributed by atoms with van der Waals surface area (Å²) in [5.74, 6) is -0.891. The van der Waals surface area contributed by atoms with Crippen LogP contribution in [0.2, 0.25) is 5.02 Å². The van der Waals surface area contributed by atoms with Gasteiger partial charge in [0, 0.05) is 11.1 Å². The molecule has 0 aliphatic heterocycles. The van der Waals surface area contributed by atoms with Crippen LogP contribution in [0.25, 0.3) is 10.9 Å². The van der Waals surface area contributed by atoms with Crippen LogP contribution >= 0.6 is 11.6 Å². The van der Waals surface area contributed by atoms with E-state index in [2.05, 4.69) is 4.98 Å². The van der Waals surface area contributed by atoms with Gasteiger partial charge in [-0.1, -0.05) is 23.7 Å². The first-order chi connectivity index (χ1) is 8.18. The molecule has 3 rings (SSSR count). The van der Waals surface area contributed by atoms with Gasteiger partial charge in [-0.25, -0.2) is 4.79 Å². The predicted octanol–water partition coefficient (Wildman–Crippen LogP) is 3.08. The molecule has 0 spiro atoms. The maximum absolute atomic E-state index is 11.4. The van der Waals surface area contributed by atoms with E-state index in [4.69, 9.17) is 11.6 Å². The Labute approximate surface area is 103 Å². The van der Waals surface area contributed by atoms with Crippen molar-refractivity contribution in [2.45, 2.75) is 19.3 Å². The van der Waals surface area contributed by atoms with Crippen LogP contribution in [0.3, 0.4) is 0 Å². The second-order valence-electron chi connectivity index (χ2n) is 4.21. The maximum atomic E-state index is 11.4. The van der Waals surface area contributed by atoms with E-state index in [1.54, 1.807) is 18.2 Å². The summed E-state index contributed by atoms with van der Waals surface area (Å²) in [5.41, 5.74) is 2.76. The number of carboxylic acids is 1. The number of rotatable bonds is 1. The summed E-state index contributed by atoms with van der Waals surface area (Å²) in [4.78, 5) is 15.9.